The lowest BCUT2D eigenvalue weighted by Gasteiger charge is -2.25. The molecule has 0 aliphatic rings. The Hall–Kier alpha value is -1.75. The van der Waals surface area contributed by atoms with E-state index in [1.165, 1.54) is 0 Å². The lowest BCUT2D eigenvalue weighted by Crippen LogP contribution is -2.45. The minimum absolute atomic E-state index is 0.00134. The number of hydrogen-bond acceptors (Lipinski definition) is 3. The van der Waals surface area contributed by atoms with Crippen LogP contribution >= 0.6 is 11.6 Å². The molecule has 1 aromatic rings. The highest BCUT2D eigenvalue weighted by Crippen LogP contribution is 2.22. The molecule has 1 amide bonds. The Morgan fingerprint density at radius 1 is 1.35 bits per heavy atom. The first kappa shape index (κ1) is 16.3. The predicted molar refractivity (Wildman–Crippen MR) is 76.0 cm³/mol. The number of rotatable bonds is 7. The van der Waals surface area contributed by atoms with E-state index in [-0.39, 0.29) is 18.9 Å². The van der Waals surface area contributed by atoms with Crippen LogP contribution in [0.5, 0.6) is 5.75 Å². The van der Waals surface area contributed by atoms with Crippen LogP contribution in [0.25, 0.3) is 0 Å². The van der Waals surface area contributed by atoms with Gasteiger partial charge in [-0.15, -0.1) is 0 Å². The number of carbonyl (C=O) groups is 2. The molecule has 0 radical (unpaired) electrons. The SMILES string of the molecule is CC(C)(CCC(=O)O)NC(=O)COc1ccccc1Cl. The molecule has 1 aromatic carbocycles. The van der Waals surface area contributed by atoms with E-state index in [0.29, 0.717) is 17.2 Å². The topological polar surface area (TPSA) is 75.6 Å². The lowest BCUT2D eigenvalue weighted by molar-refractivity contribution is -0.138. The van der Waals surface area contributed by atoms with Gasteiger partial charge >= 0.3 is 5.97 Å². The fourth-order valence-electron chi connectivity index (χ4n) is 1.60. The maximum absolute atomic E-state index is 11.8. The first-order chi connectivity index (χ1) is 9.30. The second-order valence-electron chi connectivity index (χ2n) is 5.04. The fourth-order valence-corrected chi connectivity index (χ4v) is 1.79. The van der Waals surface area contributed by atoms with Crippen molar-refractivity contribution in [3.8, 4) is 5.75 Å². The van der Waals surface area contributed by atoms with Crippen molar-refractivity contribution in [3.63, 3.8) is 0 Å². The highest BCUT2D eigenvalue weighted by molar-refractivity contribution is 6.32. The largest absolute Gasteiger partial charge is 0.482 e. The Bertz CT molecular complexity index is 488. The molecule has 0 bridgehead atoms. The Kier molecular flexibility index (Phi) is 5.82. The molecular formula is C14H18ClNO4. The average Bonchev–Trinajstić information content (AvgIpc) is 2.35. The van der Waals surface area contributed by atoms with Crippen molar-refractivity contribution < 1.29 is 19.4 Å². The van der Waals surface area contributed by atoms with E-state index < -0.39 is 11.5 Å². The minimum atomic E-state index is -0.889. The van der Waals surface area contributed by atoms with Gasteiger partial charge in [-0.25, -0.2) is 0 Å². The third-order valence-electron chi connectivity index (χ3n) is 2.64. The molecule has 0 saturated carbocycles. The molecule has 5 nitrogen and oxygen atoms in total. The number of aliphatic carboxylic acids is 1. The Morgan fingerprint density at radius 3 is 2.60 bits per heavy atom. The van der Waals surface area contributed by atoms with Crippen molar-refractivity contribution in [2.75, 3.05) is 6.61 Å². The van der Waals surface area contributed by atoms with Crippen LogP contribution in [0.15, 0.2) is 24.3 Å². The Balaban J connectivity index is 2.43. The standard InChI is InChI=1S/C14H18ClNO4/c1-14(2,8-7-13(18)19)16-12(17)9-20-11-6-4-3-5-10(11)15/h3-6H,7-9H2,1-2H3,(H,16,17)(H,18,19). The van der Waals surface area contributed by atoms with E-state index in [1.54, 1.807) is 38.1 Å². The van der Waals surface area contributed by atoms with Crippen LogP contribution in [-0.4, -0.2) is 29.1 Å². The van der Waals surface area contributed by atoms with E-state index in [9.17, 15) is 9.59 Å². The molecule has 0 heterocycles. The summed E-state index contributed by atoms with van der Waals surface area (Å²) in [6.45, 7) is 3.37. The van der Waals surface area contributed by atoms with E-state index in [1.807, 2.05) is 0 Å². The molecule has 20 heavy (non-hydrogen) atoms. The van der Waals surface area contributed by atoms with E-state index in [2.05, 4.69) is 5.32 Å². The molecule has 0 aromatic heterocycles. The fraction of sp³-hybridized carbons (Fsp3) is 0.429. The van der Waals surface area contributed by atoms with Gasteiger partial charge in [0, 0.05) is 12.0 Å². The number of para-hydroxylation sites is 1. The molecule has 2 N–H and O–H groups in total. The van der Waals surface area contributed by atoms with Gasteiger partial charge in [-0.2, -0.15) is 0 Å². The predicted octanol–water partition coefficient (Wildman–Crippen LogP) is 2.48. The van der Waals surface area contributed by atoms with E-state index in [4.69, 9.17) is 21.4 Å². The summed E-state index contributed by atoms with van der Waals surface area (Å²) in [6.07, 6.45) is 0.346. The second kappa shape index (κ2) is 7.14. The first-order valence-corrected chi connectivity index (χ1v) is 6.58. The summed E-state index contributed by atoms with van der Waals surface area (Å²) in [6, 6.07) is 6.87. The zero-order chi connectivity index (χ0) is 15.2. The lowest BCUT2D eigenvalue weighted by atomic mass is 9.98. The van der Waals surface area contributed by atoms with Crippen LogP contribution in [-0.2, 0) is 9.59 Å². The summed E-state index contributed by atoms with van der Waals surface area (Å²) in [7, 11) is 0. The number of carboxylic acid groups (broad SMARTS) is 1. The normalized spacial score (nSPS) is 10.9. The van der Waals surface area contributed by atoms with Gasteiger partial charge in [0.2, 0.25) is 0 Å². The van der Waals surface area contributed by atoms with Gasteiger partial charge in [-0.05, 0) is 32.4 Å². The molecule has 0 aliphatic carbocycles. The molecule has 0 unspecified atom stereocenters. The van der Waals surface area contributed by atoms with Crippen LogP contribution < -0.4 is 10.1 Å². The van der Waals surface area contributed by atoms with Gasteiger partial charge in [0.15, 0.2) is 6.61 Å². The number of benzene rings is 1. The van der Waals surface area contributed by atoms with Crippen molar-refractivity contribution in [1.82, 2.24) is 5.32 Å². The molecule has 1 rings (SSSR count). The summed E-state index contributed by atoms with van der Waals surface area (Å²) in [4.78, 5) is 22.3. The van der Waals surface area contributed by atoms with Crippen molar-refractivity contribution in [2.24, 2.45) is 0 Å². The van der Waals surface area contributed by atoms with E-state index in [0.717, 1.165) is 0 Å². The molecule has 0 aliphatic heterocycles. The van der Waals surface area contributed by atoms with Crippen LogP contribution in [0.3, 0.4) is 0 Å². The summed E-state index contributed by atoms with van der Waals surface area (Å²) < 4.78 is 5.31. The Labute approximate surface area is 122 Å². The zero-order valence-electron chi connectivity index (χ0n) is 11.5. The van der Waals surface area contributed by atoms with Gasteiger partial charge in [0.05, 0.1) is 5.02 Å². The molecule has 0 spiro atoms. The maximum atomic E-state index is 11.8. The summed E-state index contributed by atoms with van der Waals surface area (Å²) in [5.74, 6) is -0.771. The van der Waals surface area contributed by atoms with Gasteiger partial charge in [-0.1, -0.05) is 23.7 Å². The van der Waals surface area contributed by atoms with Gasteiger partial charge in [0.1, 0.15) is 5.75 Å². The minimum Gasteiger partial charge on any atom is -0.482 e. The summed E-state index contributed by atoms with van der Waals surface area (Å²) >= 11 is 5.90. The molecule has 6 heteroatoms. The third kappa shape index (κ3) is 5.93. The summed E-state index contributed by atoms with van der Waals surface area (Å²) in [5.41, 5.74) is -0.598. The monoisotopic (exact) mass is 299 g/mol. The number of carbonyl (C=O) groups excluding carboxylic acids is 1. The maximum Gasteiger partial charge on any atom is 0.303 e. The molecule has 0 saturated heterocycles. The van der Waals surface area contributed by atoms with Crippen LogP contribution in [0, 0.1) is 0 Å². The van der Waals surface area contributed by atoms with Crippen LogP contribution in [0.1, 0.15) is 26.7 Å². The highest BCUT2D eigenvalue weighted by atomic mass is 35.5. The van der Waals surface area contributed by atoms with Gasteiger partial charge in [-0.3, -0.25) is 9.59 Å². The Morgan fingerprint density at radius 2 is 2.00 bits per heavy atom. The molecule has 110 valence electrons. The number of ether oxygens (including phenoxy) is 1. The quantitative estimate of drug-likeness (QED) is 0.811. The number of nitrogens with one attached hydrogen (secondary N) is 1. The van der Waals surface area contributed by atoms with Crippen molar-refractivity contribution in [1.29, 1.82) is 0 Å². The third-order valence-corrected chi connectivity index (χ3v) is 2.95. The van der Waals surface area contributed by atoms with Gasteiger partial charge in [0.25, 0.3) is 5.91 Å². The number of amides is 1. The smallest absolute Gasteiger partial charge is 0.303 e. The number of halogens is 1. The van der Waals surface area contributed by atoms with Crippen molar-refractivity contribution in [2.45, 2.75) is 32.2 Å². The molecule has 0 fully saturated rings. The average molecular weight is 300 g/mol. The molecular weight excluding hydrogens is 282 g/mol. The number of hydrogen-bond donors (Lipinski definition) is 2. The van der Waals surface area contributed by atoms with E-state index >= 15 is 0 Å². The zero-order valence-corrected chi connectivity index (χ0v) is 12.2. The number of carboxylic acids is 1. The van der Waals surface area contributed by atoms with Crippen molar-refractivity contribution in [3.05, 3.63) is 29.3 Å². The first-order valence-electron chi connectivity index (χ1n) is 6.20. The highest BCUT2D eigenvalue weighted by Gasteiger charge is 2.21. The van der Waals surface area contributed by atoms with Gasteiger partial charge < -0.3 is 15.2 Å². The van der Waals surface area contributed by atoms with Crippen LogP contribution in [0.4, 0.5) is 0 Å². The van der Waals surface area contributed by atoms with Crippen LogP contribution in [0.2, 0.25) is 5.02 Å². The summed E-state index contributed by atoms with van der Waals surface area (Å²) in [5, 5.41) is 11.8. The van der Waals surface area contributed by atoms with Crippen molar-refractivity contribution >= 4 is 23.5 Å². The second-order valence-corrected chi connectivity index (χ2v) is 5.45. The molecule has 0 atom stereocenters.